The van der Waals surface area contributed by atoms with E-state index in [2.05, 4.69) is 31.4 Å². The zero-order valence-corrected chi connectivity index (χ0v) is 13.3. The van der Waals surface area contributed by atoms with E-state index in [-0.39, 0.29) is 11.9 Å². The molecule has 2 rings (SSSR count). The normalized spacial score (nSPS) is 12.4. The Balaban J connectivity index is 2.33. The summed E-state index contributed by atoms with van der Waals surface area (Å²) in [5.41, 5.74) is 3.46. The quantitative estimate of drug-likeness (QED) is 0.927. The fraction of sp³-hybridized carbons (Fsp3) is 0.333. The van der Waals surface area contributed by atoms with Gasteiger partial charge in [0.15, 0.2) is 0 Å². The van der Waals surface area contributed by atoms with Crippen molar-refractivity contribution in [1.82, 2.24) is 15.5 Å². The third kappa shape index (κ3) is 3.41. The van der Waals surface area contributed by atoms with E-state index in [1.807, 2.05) is 33.0 Å². The zero-order valence-electron chi connectivity index (χ0n) is 11.7. The molecule has 5 heteroatoms. The van der Waals surface area contributed by atoms with E-state index in [1.54, 1.807) is 6.07 Å². The number of aryl methyl sites for hydroxylation is 2. The fourth-order valence-electron chi connectivity index (χ4n) is 2.21. The number of likely N-dealkylation sites (N-methyl/N-ethyl adjacent to an activating group) is 1. The summed E-state index contributed by atoms with van der Waals surface area (Å²) < 4.78 is 14.8. The van der Waals surface area contributed by atoms with E-state index in [0.29, 0.717) is 12.0 Å². The Morgan fingerprint density at radius 1 is 1.25 bits per heavy atom. The molecule has 0 spiro atoms. The minimum atomic E-state index is -0.190. The first kappa shape index (κ1) is 15.1. The Morgan fingerprint density at radius 3 is 2.70 bits per heavy atom. The molecule has 0 saturated heterocycles. The maximum Gasteiger partial charge on any atom is 0.126 e. The molecule has 2 aromatic rings. The van der Waals surface area contributed by atoms with Crippen LogP contribution < -0.4 is 5.32 Å². The molecule has 0 radical (unpaired) electrons. The summed E-state index contributed by atoms with van der Waals surface area (Å²) in [5, 5.41) is 11.4. The van der Waals surface area contributed by atoms with Gasteiger partial charge in [-0.05, 0) is 62.7 Å². The van der Waals surface area contributed by atoms with E-state index in [0.717, 1.165) is 21.4 Å². The van der Waals surface area contributed by atoms with Crippen LogP contribution in [-0.4, -0.2) is 17.2 Å². The molecule has 1 N–H and O–H groups in total. The molecule has 0 bridgehead atoms. The van der Waals surface area contributed by atoms with Crippen molar-refractivity contribution in [3.05, 3.63) is 57.1 Å². The molecule has 0 saturated carbocycles. The number of benzene rings is 1. The summed E-state index contributed by atoms with van der Waals surface area (Å²) in [6, 6.07) is 7.01. The molecule has 20 heavy (non-hydrogen) atoms. The van der Waals surface area contributed by atoms with Crippen molar-refractivity contribution in [3.63, 3.8) is 0 Å². The van der Waals surface area contributed by atoms with Gasteiger partial charge >= 0.3 is 0 Å². The summed E-state index contributed by atoms with van der Waals surface area (Å²) in [4.78, 5) is 0. The molecule has 106 valence electrons. The maximum atomic E-state index is 13.9. The number of nitrogens with zero attached hydrogens (tertiary/aromatic N) is 2. The van der Waals surface area contributed by atoms with Crippen molar-refractivity contribution in [2.45, 2.75) is 26.3 Å². The molecule has 1 aromatic heterocycles. The van der Waals surface area contributed by atoms with Crippen LogP contribution in [0, 0.1) is 19.7 Å². The lowest BCUT2D eigenvalue weighted by Crippen LogP contribution is -2.21. The second-order valence-electron chi connectivity index (χ2n) is 4.81. The van der Waals surface area contributed by atoms with Crippen molar-refractivity contribution in [3.8, 4) is 0 Å². The Morgan fingerprint density at radius 2 is 2.00 bits per heavy atom. The van der Waals surface area contributed by atoms with Crippen LogP contribution in [0.3, 0.4) is 0 Å². The van der Waals surface area contributed by atoms with Gasteiger partial charge in [-0.25, -0.2) is 4.39 Å². The highest BCUT2D eigenvalue weighted by Gasteiger charge is 2.16. The monoisotopic (exact) mass is 337 g/mol. The van der Waals surface area contributed by atoms with Crippen LogP contribution >= 0.6 is 15.9 Å². The van der Waals surface area contributed by atoms with Gasteiger partial charge in [0.05, 0.1) is 11.4 Å². The third-order valence-corrected chi connectivity index (χ3v) is 3.79. The molecule has 1 heterocycles. The van der Waals surface area contributed by atoms with Crippen LogP contribution in [0.5, 0.6) is 0 Å². The largest absolute Gasteiger partial charge is 0.313 e. The lowest BCUT2D eigenvalue weighted by atomic mass is 9.97. The maximum absolute atomic E-state index is 13.9. The SMILES string of the molecule is CNC(Cc1cc(Br)ccc1F)c1cc(C)nnc1C. The Kier molecular flexibility index (Phi) is 4.83. The third-order valence-electron chi connectivity index (χ3n) is 3.30. The second kappa shape index (κ2) is 6.41. The van der Waals surface area contributed by atoms with Crippen LogP contribution in [-0.2, 0) is 6.42 Å². The summed E-state index contributed by atoms with van der Waals surface area (Å²) in [6.45, 7) is 3.83. The molecule has 0 aliphatic carbocycles. The Labute approximate surface area is 126 Å². The average Bonchev–Trinajstić information content (AvgIpc) is 2.42. The minimum Gasteiger partial charge on any atom is -0.313 e. The van der Waals surface area contributed by atoms with Gasteiger partial charge in [-0.3, -0.25) is 0 Å². The van der Waals surface area contributed by atoms with Gasteiger partial charge in [0.1, 0.15) is 5.82 Å². The topological polar surface area (TPSA) is 37.8 Å². The van der Waals surface area contributed by atoms with Crippen molar-refractivity contribution < 1.29 is 4.39 Å². The lowest BCUT2D eigenvalue weighted by molar-refractivity contribution is 0.548. The zero-order chi connectivity index (χ0) is 14.7. The van der Waals surface area contributed by atoms with Gasteiger partial charge in [0.25, 0.3) is 0 Å². The van der Waals surface area contributed by atoms with Gasteiger partial charge in [0, 0.05) is 10.5 Å². The van der Waals surface area contributed by atoms with E-state index < -0.39 is 0 Å². The van der Waals surface area contributed by atoms with Crippen LogP contribution in [0.2, 0.25) is 0 Å². The van der Waals surface area contributed by atoms with Crippen LogP contribution in [0.15, 0.2) is 28.7 Å². The molecule has 1 aromatic carbocycles. The number of hydrogen-bond donors (Lipinski definition) is 1. The molecular formula is C15H17BrFN3. The first-order valence-electron chi connectivity index (χ1n) is 6.43. The van der Waals surface area contributed by atoms with Gasteiger partial charge in [0.2, 0.25) is 0 Å². The summed E-state index contributed by atoms with van der Waals surface area (Å²) in [7, 11) is 1.87. The Hall–Kier alpha value is -1.33. The molecule has 3 nitrogen and oxygen atoms in total. The summed E-state index contributed by atoms with van der Waals surface area (Å²) >= 11 is 3.38. The molecule has 0 fully saturated rings. The van der Waals surface area contributed by atoms with Crippen molar-refractivity contribution in [2.24, 2.45) is 0 Å². The summed E-state index contributed by atoms with van der Waals surface area (Å²) in [6.07, 6.45) is 0.563. The molecule has 1 unspecified atom stereocenters. The predicted molar refractivity (Wildman–Crippen MR) is 81.1 cm³/mol. The molecule has 0 aliphatic rings. The van der Waals surface area contributed by atoms with Crippen molar-refractivity contribution in [2.75, 3.05) is 7.05 Å². The smallest absolute Gasteiger partial charge is 0.126 e. The second-order valence-corrected chi connectivity index (χ2v) is 5.72. The fourth-order valence-corrected chi connectivity index (χ4v) is 2.62. The lowest BCUT2D eigenvalue weighted by Gasteiger charge is -2.19. The molecule has 1 atom stereocenters. The number of aromatic nitrogens is 2. The van der Waals surface area contributed by atoms with Crippen LogP contribution in [0.1, 0.15) is 28.6 Å². The molecule has 0 aliphatic heterocycles. The minimum absolute atomic E-state index is 0.00741. The van der Waals surface area contributed by atoms with Crippen molar-refractivity contribution >= 4 is 15.9 Å². The van der Waals surface area contributed by atoms with Crippen molar-refractivity contribution in [1.29, 1.82) is 0 Å². The van der Waals surface area contributed by atoms with E-state index in [9.17, 15) is 4.39 Å². The van der Waals surface area contributed by atoms with E-state index >= 15 is 0 Å². The number of halogens is 2. The molecular weight excluding hydrogens is 321 g/mol. The number of nitrogens with one attached hydrogen (secondary N) is 1. The first-order valence-corrected chi connectivity index (χ1v) is 7.22. The Bertz CT molecular complexity index is 616. The van der Waals surface area contributed by atoms with Gasteiger partial charge in [-0.15, -0.1) is 0 Å². The highest BCUT2D eigenvalue weighted by atomic mass is 79.9. The van der Waals surface area contributed by atoms with E-state index in [1.165, 1.54) is 6.07 Å². The van der Waals surface area contributed by atoms with Crippen LogP contribution in [0.4, 0.5) is 4.39 Å². The molecule has 0 amide bonds. The summed E-state index contributed by atoms with van der Waals surface area (Å²) in [5.74, 6) is -0.190. The first-order chi connectivity index (χ1) is 9.51. The number of rotatable bonds is 4. The predicted octanol–water partition coefficient (Wildman–Crippen LogP) is 3.50. The van der Waals surface area contributed by atoms with Gasteiger partial charge in [-0.1, -0.05) is 15.9 Å². The van der Waals surface area contributed by atoms with Gasteiger partial charge < -0.3 is 5.32 Å². The van der Waals surface area contributed by atoms with Crippen LogP contribution in [0.25, 0.3) is 0 Å². The van der Waals surface area contributed by atoms with Gasteiger partial charge in [-0.2, -0.15) is 10.2 Å². The number of hydrogen-bond acceptors (Lipinski definition) is 3. The average molecular weight is 338 g/mol. The standard InChI is InChI=1S/C15H17BrFN3/c1-9-6-13(10(2)20-19-9)15(18-3)8-11-7-12(16)4-5-14(11)17/h4-7,15,18H,8H2,1-3H3. The highest BCUT2D eigenvalue weighted by Crippen LogP contribution is 2.24. The highest BCUT2D eigenvalue weighted by molar-refractivity contribution is 9.10. The van der Waals surface area contributed by atoms with E-state index in [4.69, 9.17) is 0 Å².